The lowest BCUT2D eigenvalue weighted by molar-refractivity contribution is -0.0648. The average Bonchev–Trinajstić information content (AvgIpc) is 3.23. The van der Waals surface area contributed by atoms with Crippen LogP contribution in [0.3, 0.4) is 0 Å². The minimum atomic E-state index is -0.670. The number of aliphatic hydroxyl groups is 1. The molecule has 0 radical (unpaired) electrons. The first-order valence-corrected chi connectivity index (χ1v) is 9.61. The molecule has 2 heterocycles. The highest BCUT2D eigenvalue weighted by Crippen LogP contribution is 2.48. The summed E-state index contributed by atoms with van der Waals surface area (Å²) in [6.07, 6.45) is 7.14. The summed E-state index contributed by atoms with van der Waals surface area (Å²) in [6.45, 7) is 8.22. The summed E-state index contributed by atoms with van der Waals surface area (Å²) in [7, 11) is 0. The third kappa shape index (κ3) is 3.02. The number of benzene rings is 1. The van der Waals surface area contributed by atoms with E-state index in [1.165, 1.54) is 17.7 Å². The van der Waals surface area contributed by atoms with E-state index in [-0.39, 0.29) is 0 Å². The quantitative estimate of drug-likeness (QED) is 0.929. The molecule has 0 amide bonds. The van der Waals surface area contributed by atoms with Gasteiger partial charge in [0.25, 0.3) is 0 Å². The number of nitrogens with zero attached hydrogens (tertiary/aromatic N) is 3. The standard InChI is InChI=1S/C21H29N3O/c1-3-24-15-22-11-19(24)13-23-12-17-5-4-10-21(25,20(17)14-23)18-8-6-16(2)7-9-18/h6-9,11,15,17,20,25H,3-5,10,12-14H2,1-2H3/t17-,20+,21-/m0/s1. The number of imidazole rings is 1. The van der Waals surface area contributed by atoms with Crippen LogP contribution < -0.4 is 0 Å². The van der Waals surface area contributed by atoms with Crippen molar-refractivity contribution in [3.8, 4) is 0 Å². The zero-order chi connectivity index (χ0) is 17.4. The van der Waals surface area contributed by atoms with Crippen LogP contribution in [0.15, 0.2) is 36.8 Å². The number of rotatable bonds is 4. The second kappa shape index (κ2) is 6.58. The molecule has 0 unspecified atom stereocenters. The maximum Gasteiger partial charge on any atom is 0.0948 e. The van der Waals surface area contributed by atoms with Gasteiger partial charge >= 0.3 is 0 Å². The van der Waals surface area contributed by atoms with Gasteiger partial charge in [-0.25, -0.2) is 4.98 Å². The summed E-state index contributed by atoms with van der Waals surface area (Å²) >= 11 is 0. The van der Waals surface area contributed by atoms with Gasteiger partial charge in [-0.15, -0.1) is 0 Å². The molecule has 25 heavy (non-hydrogen) atoms. The van der Waals surface area contributed by atoms with Gasteiger partial charge in [0.2, 0.25) is 0 Å². The molecule has 4 heteroatoms. The summed E-state index contributed by atoms with van der Waals surface area (Å²) in [4.78, 5) is 6.81. The van der Waals surface area contributed by atoms with Gasteiger partial charge in [0.1, 0.15) is 0 Å². The molecule has 134 valence electrons. The number of aromatic nitrogens is 2. The van der Waals surface area contributed by atoms with E-state index in [4.69, 9.17) is 0 Å². The number of hydrogen-bond acceptors (Lipinski definition) is 3. The van der Waals surface area contributed by atoms with E-state index in [9.17, 15) is 5.11 Å². The number of hydrogen-bond donors (Lipinski definition) is 1. The van der Waals surface area contributed by atoms with Gasteiger partial charge in [-0.1, -0.05) is 29.8 Å². The van der Waals surface area contributed by atoms with E-state index in [2.05, 4.69) is 52.6 Å². The lowest BCUT2D eigenvalue weighted by atomic mass is 9.67. The van der Waals surface area contributed by atoms with Crippen molar-refractivity contribution in [1.82, 2.24) is 14.5 Å². The Hall–Kier alpha value is -1.65. The largest absolute Gasteiger partial charge is 0.385 e. The number of fused-ring (bicyclic) bond motifs is 1. The maximum atomic E-state index is 11.6. The van der Waals surface area contributed by atoms with E-state index in [1.807, 2.05) is 12.5 Å². The average molecular weight is 339 g/mol. The SMILES string of the molecule is CCn1cncc1CN1C[C@@H]2CCC[C@](O)(c3ccc(C)cc3)[C@@H]2C1. The van der Waals surface area contributed by atoms with Crippen LogP contribution in [-0.4, -0.2) is 32.6 Å². The van der Waals surface area contributed by atoms with Crippen molar-refractivity contribution in [2.75, 3.05) is 13.1 Å². The summed E-state index contributed by atoms with van der Waals surface area (Å²) in [5.74, 6) is 0.931. The van der Waals surface area contributed by atoms with Crippen LogP contribution in [-0.2, 0) is 18.7 Å². The van der Waals surface area contributed by atoms with E-state index < -0.39 is 5.60 Å². The molecule has 4 nitrogen and oxygen atoms in total. The monoisotopic (exact) mass is 339 g/mol. The smallest absolute Gasteiger partial charge is 0.0948 e. The lowest BCUT2D eigenvalue weighted by Gasteiger charge is -2.41. The molecule has 0 bridgehead atoms. The third-order valence-electron chi connectivity index (χ3n) is 6.34. The summed E-state index contributed by atoms with van der Waals surface area (Å²) in [5, 5.41) is 11.6. The van der Waals surface area contributed by atoms with Crippen LogP contribution in [0.1, 0.15) is 43.0 Å². The fourth-order valence-corrected chi connectivity index (χ4v) is 4.94. The van der Waals surface area contributed by atoms with Crippen molar-refractivity contribution < 1.29 is 5.11 Å². The van der Waals surface area contributed by atoms with Crippen molar-refractivity contribution in [3.63, 3.8) is 0 Å². The summed E-state index contributed by atoms with van der Waals surface area (Å²) < 4.78 is 2.22. The predicted octanol–water partition coefficient (Wildman–Crippen LogP) is 3.33. The second-order valence-electron chi connectivity index (χ2n) is 7.91. The van der Waals surface area contributed by atoms with E-state index >= 15 is 0 Å². The van der Waals surface area contributed by atoms with Crippen LogP contribution >= 0.6 is 0 Å². The fourth-order valence-electron chi connectivity index (χ4n) is 4.94. The van der Waals surface area contributed by atoms with Gasteiger partial charge in [-0.3, -0.25) is 4.90 Å². The molecular weight excluding hydrogens is 310 g/mol. The zero-order valence-corrected chi connectivity index (χ0v) is 15.4. The molecule has 2 aromatic rings. The fraction of sp³-hybridized carbons (Fsp3) is 0.571. The van der Waals surface area contributed by atoms with Gasteiger partial charge in [0.05, 0.1) is 17.6 Å². The van der Waals surface area contributed by atoms with Crippen molar-refractivity contribution in [2.45, 2.75) is 51.8 Å². The molecule has 4 rings (SSSR count). The van der Waals surface area contributed by atoms with Crippen LogP contribution in [0, 0.1) is 18.8 Å². The molecule has 1 aromatic carbocycles. The van der Waals surface area contributed by atoms with Crippen LogP contribution in [0.2, 0.25) is 0 Å². The van der Waals surface area contributed by atoms with Gasteiger partial charge in [0, 0.05) is 38.3 Å². The molecule has 1 saturated carbocycles. The molecule has 1 aliphatic heterocycles. The topological polar surface area (TPSA) is 41.3 Å². The Balaban J connectivity index is 1.55. The molecule has 3 atom stereocenters. The van der Waals surface area contributed by atoms with Crippen molar-refractivity contribution in [1.29, 1.82) is 0 Å². The van der Waals surface area contributed by atoms with E-state index in [0.29, 0.717) is 11.8 Å². The van der Waals surface area contributed by atoms with Gasteiger partial charge in [0.15, 0.2) is 0 Å². The first kappa shape index (κ1) is 16.8. The van der Waals surface area contributed by atoms with E-state index in [0.717, 1.165) is 44.6 Å². The normalized spacial score (nSPS) is 29.7. The van der Waals surface area contributed by atoms with Gasteiger partial charge in [-0.05, 0) is 44.6 Å². The number of aryl methyl sites for hydroxylation is 2. The lowest BCUT2D eigenvalue weighted by Crippen LogP contribution is -2.42. The minimum Gasteiger partial charge on any atom is -0.385 e. The Morgan fingerprint density at radius 2 is 2.04 bits per heavy atom. The molecular formula is C21H29N3O. The minimum absolute atomic E-state index is 0.335. The van der Waals surface area contributed by atoms with Crippen molar-refractivity contribution in [3.05, 3.63) is 53.6 Å². The third-order valence-corrected chi connectivity index (χ3v) is 6.34. The highest BCUT2D eigenvalue weighted by atomic mass is 16.3. The molecule has 2 aliphatic rings. The molecule has 2 fully saturated rings. The molecule has 0 spiro atoms. The Morgan fingerprint density at radius 1 is 1.24 bits per heavy atom. The van der Waals surface area contributed by atoms with Gasteiger partial charge < -0.3 is 9.67 Å². The van der Waals surface area contributed by atoms with Crippen molar-refractivity contribution >= 4 is 0 Å². The highest BCUT2D eigenvalue weighted by molar-refractivity contribution is 5.28. The van der Waals surface area contributed by atoms with Crippen LogP contribution in [0.4, 0.5) is 0 Å². The van der Waals surface area contributed by atoms with Gasteiger partial charge in [-0.2, -0.15) is 0 Å². The Morgan fingerprint density at radius 3 is 2.80 bits per heavy atom. The van der Waals surface area contributed by atoms with E-state index in [1.54, 1.807) is 0 Å². The summed E-state index contributed by atoms with van der Waals surface area (Å²) in [6, 6.07) is 8.52. The molecule has 1 N–H and O–H groups in total. The Labute approximate surface area is 150 Å². The number of likely N-dealkylation sites (tertiary alicyclic amines) is 1. The van der Waals surface area contributed by atoms with Crippen LogP contribution in [0.5, 0.6) is 0 Å². The van der Waals surface area contributed by atoms with Crippen molar-refractivity contribution in [2.24, 2.45) is 11.8 Å². The Kier molecular flexibility index (Phi) is 4.42. The Bertz CT molecular complexity index is 723. The predicted molar refractivity (Wildman–Crippen MR) is 99.1 cm³/mol. The maximum absolute atomic E-state index is 11.6. The molecule has 1 aromatic heterocycles. The first-order chi connectivity index (χ1) is 12.1. The first-order valence-electron chi connectivity index (χ1n) is 9.61. The van der Waals surface area contributed by atoms with Crippen LogP contribution in [0.25, 0.3) is 0 Å². The second-order valence-corrected chi connectivity index (χ2v) is 7.91. The highest BCUT2D eigenvalue weighted by Gasteiger charge is 2.49. The molecule has 1 aliphatic carbocycles. The molecule has 1 saturated heterocycles. The zero-order valence-electron chi connectivity index (χ0n) is 15.4. The summed E-state index contributed by atoms with van der Waals surface area (Å²) in [5.41, 5.74) is 2.96.